The Morgan fingerprint density at radius 2 is 1.80 bits per heavy atom. The van der Waals surface area contributed by atoms with E-state index in [1.165, 1.54) is 0 Å². The predicted molar refractivity (Wildman–Crippen MR) is 117 cm³/mol. The molecular weight excluding hydrogens is 402 g/mol. The van der Waals surface area contributed by atoms with E-state index in [0.29, 0.717) is 30.6 Å². The van der Waals surface area contributed by atoms with Gasteiger partial charge in [0.15, 0.2) is 17.6 Å². The van der Waals surface area contributed by atoms with E-state index in [2.05, 4.69) is 6.07 Å². The molecule has 0 unspecified atom stereocenters. The van der Waals surface area contributed by atoms with Gasteiger partial charge in [-0.25, -0.2) is 4.79 Å². The first-order chi connectivity index (χ1) is 14.3. The molecule has 0 N–H and O–H groups in total. The van der Waals surface area contributed by atoms with Gasteiger partial charge in [-0.2, -0.15) is 0 Å². The molecule has 6 heteroatoms. The highest BCUT2D eigenvalue weighted by molar-refractivity contribution is 6.30. The van der Waals surface area contributed by atoms with Crippen LogP contribution in [0.5, 0.6) is 11.5 Å². The van der Waals surface area contributed by atoms with Crippen LogP contribution in [0.4, 0.5) is 4.79 Å². The first kappa shape index (κ1) is 20.9. The van der Waals surface area contributed by atoms with Crippen molar-refractivity contribution >= 4 is 17.7 Å². The minimum atomic E-state index is -0.474. The standard InChI is InChI=1S/C24H28ClNO4/c1-24(2,3)30-23(27)26-13-11-16(12-14-26)19-5-4-6-20-22(19)28-15-21(29-20)17-7-9-18(25)10-8-17/h4-10,16,21H,11-15H2,1-3H3/t21-/m1/s1. The molecule has 0 saturated carbocycles. The van der Waals surface area contributed by atoms with Gasteiger partial charge in [-0.1, -0.05) is 35.9 Å². The number of halogens is 1. The van der Waals surface area contributed by atoms with Crippen LogP contribution < -0.4 is 9.47 Å². The van der Waals surface area contributed by atoms with Crippen molar-refractivity contribution in [3.05, 3.63) is 58.6 Å². The lowest BCUT2D eigenvalue weighted by molar-refractivity contribution is 0.0203. The van der Waals surface area contributed by atoms with Crippen LogP contribution in [0.2, 0.25) is 5.02 Å². The summed E-state index contributed by atoms with van der Waals surface area (Å²) in [5.41, 5.74) is 1.73. The molecule has 2 aliphatic rings. The van der Waals surface area contributed by atoms with E-state index < -0.39 is 5.60 Å². The number of hydrogen-bond acceptors (Lipinski definition) is 4. The van der Waals surface area contributed by atoms with Crippen LogP contribution in [0.15, 0.2) is 42.5 Å². The third kappa shape index (κ3) is 4.67. The summed E-state index contributed by atoms with van der Waals surface area (Å²) in [5, 5.41) is 0.705. The van der Waals surface area contributed by atoms with Crippen LogP contribution in [0.3, 0.4) is 0 Å². The number of fused-ring (bicyclic) bond motifs is 1. The van der Waals surface area contributed by atoms with Crippen molar-refractivity contribution in [2.24, 2.45) is 0 Å². The summed E-state index contributed by atoms with van der Waals surface area (Å²) < 4.78 is 17.9. The fraction of sp³-hybridized carbons (Fsp3) is 0.458. The van der Waals surface area contributed by atoms with Crippen molar-refractivity contribution in [2.45, 2.75) is 51.2 Å². The van der Waals surface area contributed by atoms with Gasteiger partial charge in [0.1, 0.15) is 12.2 Å². The van der Waals surface area contributed by atoms with Crippen LogP contribution in [0, 0.1) is 0 Å². The van der Waals surface area contributed by atoms with Crippen LogP contribution in [0.1, 0.15) is 56.8 Å². The number of amides is 1. The van der Waals surface area contributed by atoms with Crippen molar-refractivity contribution < 1.29 is 19.0 Å². The van der Waals surface area contributed by atoms with Crippen molar-refractivity contribution in [3.63, 3.8) is 0 Å². The van der Waals surface area contributed by atoms with E-state index in [4.69, 9.17) is 25.8 Å². The molecule has 5 nitrogen and oxygen atoms in total. The van der Waals surface area contributed by atoms with Gasteiger partial charge in [0.05, 0.1) is 0 Å². The van der Waals surface area contributed by atoms with Gasteiger partial charge in [-0.15, -0.1) is 0 Å². The molecule has 1 amide bonds. The lowest BCUT2D eigenvalue weighted by atomic mass is 9.88. The highest BCUT2D eigenvalue weighted by Crippen LogP contribution is 2.44. The predicted octanol–water partition coefficient (Wildman–Crippen LogP) is 5.97. The van der Waals surface area contributed by atoms with E-state index in [-0.39, 0.29) is 12.2 Å². The van der Waals surface area contributed by atoms with Crippen LogP contribution in [0.25, 0.3) is 0 Å². The first-order valence-corrected chi connectivity index (χ1v) is 10.8. The number of benzene rings is 2. The van der Waals surface area contributed by atoms with E-state index in [9.17, 15) is 4.79 Å². The fourth-order valence-electron chi connectivity index (χ4n) is 3.99. The molecule has 2 heterocycles. The number of hydrogen-bond donors (Lipinski definition) is 0. The van der Waals surface area contributed by atoms with Gasteiger partial charge in [0.25, 0.3) is 0 Å². The number of carbonyl (C=O) groups excluding carboxylic acids is 1. The Kier molecular flexibility index (Phi) is 5.83. The second-order valence-corrected chi connectivity index (χ2v) is 9.32. The zero-order valence-electron chi connectivity index (χ0n) is 17.7. The van der Waals surface area contributed by atoms with E-state index in [1.807, 2.05) is 57.2 Å². The average Bonchev–Trinajstić information content (AvgIpc) is 2.72. The van der Waals surface area contributed by atoms with Gasteiger partial charge in [-0.05, 0) is 63.3 Å². The molecule has 2 aromatic rings. The van der Waals surface area contributed by atoms with Crippen LogP contribution >= 0.6 is 11.6 Å². The molecule has 160 valence electrons. The summed E-state index contributed by atoms with van der Waals surface area (Å²) in [6.45, 7) is 7.49. The van der Waals surface area contributed by atoms with Gasteiger partial charge < -0.3 is 19.1 Å². The lowest BCUT2D eigenvalue weighted by Crippen LogP contribution is -2.41. The molecular formula is C24H28ClNO4. The topological polar surface area (TPSA) is 48.0 Å². The zero-order valence-corrected chi connectivity index (χ0v) is 18.4. The molecule has 0 aliphatic carbocycles. The molecule has 2 aromatic carbocycles. The maximum atomic E-state index is 12.3. The van der Waals surface area contributed by atoms with Crippen molar-refractivity contribution in [1.82, 2.24) is 4.90 Å². The summed E-state index contributed by atoms with van der Waals surface area (Å²) in [7, 11) is 0. The summed E-state index contributed by atoms with van der Waals surface area (Å²) in [6, 6.07) is 13.8. The molecule has 0 bridgehead atoms. The Balaban J connectivity index is 1.43. The smallest absolute Gasteiger partial charge is 0.410 e. The van der Waals surface area contributed by atoms with Gasteiger partial charge >= 0.3 is 6.09 Å². The van der Waals surface area contributed by atoms with Crippen molar-refractivity contribution in [1.29, 1.82) is 0 Å². The lowest BCUT2D eigenvalue weighted by Gasteiger charge is -2.35. The first-order valence-electron chi connectivity index (χ1n) is 10.5. The summed E-state index contributed by atoms with van der Waals surface area (Å²) in [4.78, 5) is 14.1. The van der Waals surface area contributed by atoms with Crippen LogP contribution in [-0.4, -0.2) is 36.3 Å². The Labute approximate surface area is 182 Å². The molecule has 0 aromatic heterocycles. The molecule has 1 fully saturated rings. The SMILES string of the molecule is CC(C)(C)OC(=O)N1CCC(c2cccc3c2OC[C@H](c2ccc(Cl)cc2)O3)CC1. The third-order valence-electron chi connectivity index (χ3n) is 5.49. The zero-order chi connectivity index (χ0) is 21.3. The minimum Gasteiger partial charge on any atom is -0.485 e. The molecule has 1 saturated heterocycles. The van der Waals surface area contributed by atoms with Crippen molar-refractivity contribution in [3.8, 4) is 11.5 Å². The molecule has 0 spiro atoms. The van der Waals surface area contributed by atoms with E-state index >= 15 is 0 Å². The second kappa shape index (κ2) is 8.38. The van der Waals surface area contributed by atoms with Gasteiger partial charge in [0, 0.05) is 23.7 Å². The number of piperidine rings is 1. The molecule has 0 radical (unpaired) electrons. The fourth-order valence-corrected chi connectivity index (χ4v) is 4.12. The van der Waals surface area contributed by atoms with E-state index in [1.54, 1.807) is 4.90 Å². The van der Waals surface area contributed by atoms with Gasteiger partial charge in [-0.3, -0.25) is 0 Å². The molecule has 2 aliphatic heterocycles. The maximum absolute atomic E-state index is 12.3. The summed E-state index contributed by atoms with van der Waals surface area (Å²) in [5.74, 6) is 1.93. The number of rotatable bonds is 2. The Morgan fingerprint density at radius 3 is 2.47 bits per heavy atom. The third-order valence-corrected chi connectivity index (χ3v) is 5.74. The van der Waals surface area contributed by atoms with Gasteiger partial charge in [0.2, 0.25) is 0 Å². The molecule has 1 atom stereocenters. The van der Waals surface area contributed by atoms with E-state index in [0.717, 1.165) is 35.5 Å². The monoisotopic (exact) mass is 429 g/mol. The largest absolute Gasteiger partial charge is 0.485 e. The number of carbonyl (C=O) groups is 1. The quantitative estimate of drug-likeness (QED) is 0.590. The molecule has 30 heavy (non-hydrogen) atoms. The highest BCUT2D eigenvalue weighted by atomic mass is 35.5. The number of likely N-dealkylation sites (tertiary alicyclic amines) is 1. The Morgan fingerprint density at radius 1 is 1.10 bits per heavy atom. The van der Waals surface area contributed by atoms with Crippen molar-refractivity contribution in [2.75, 3.05) is 19.7 Å². The number of para-hydroxylation sites is 1. The Bertz CT molecular complexity index is 898. The summed E-state index contributed by atoms with van der Waals surface area (Å²) >= 11 is 6.00. The number of ether oxygens (including phenoxy) is 3. The number of nitrogens with zero attached hydrogens (tertiary/aromatic N) is 1. The average molecular weight is 430 g/mol. The summed E-state index contributed by atoms with van der Waals surface area (Å²) in [6.07, 6.45) is 1.36. The highest BCUT2D eigenvalue weighted by Gasteiger charge is 2.31. The Hall–Kier alpha value is -2.40. The van der Waals surface area contributed by atoms with Crippen LogP contribution in [-0.2, 0) is 4.74 Å². The second-order valence-electron chi connectivity index (χ2n) is 8.89. The minimum absolute atomic E-state index is 0.154. The normalized spacial score (nSPS) is 19.5. The molecule has 4 rings (SSSR count). The maximum Gasteiger partial charge on any atom is 0.410 e.